The fraction of sp³-hybridized carbons (Fsp3) is 0.500. The van der Waals surface area contributed by atoms with Crippen LogP contribution in [-0.4, -0.2) is 11.1 Å². The van der Waals surface area contributed by atoms with Gasteiger partial charge in [-0.2, -0.15) is 0 Å². The average molecular weight is 224 g/mol. The molecule has 2 aliphatic heterocycles. The van der Waals surface area contributed by atoms with Crippen LogP contribution < -0.4 is 5.73 Å². The summed E-state index contributed by atoms with van der Waals surface area (Å²) in [5.74, 6) is 0. The summed E-state index contributed by atoms with van der Waals surface area (Å²) in [5, 5.41) is 0.751. The SMILES string of the molecule is CC12CC(N)(C1)C(c1ccc(Cl)cc1)O2. The first kappa shape index (κ1) is 9.64. The van der Waals surface area contributed by atoms with Crippen LogP contribution in [0, 0.1) is 0 Å². The third kappa shape index (κ3) is 1.32. The van der Waals surface area contributed by atoms with Gasteiger partial charge in [0, 0.05) is 5.02 Å². The molecule has 0 aromatic heterocycles. The highest BCUT2D eigenvalue weighted by Crippen LogP contribution is 2.59. The van der Waals surface area contributed by atoms with E-state index in [0.29, 0.717) is 0 Å². The molecule has 1 unspecified atom stereocenters. The van der Waals surface area contributed by atoms with Crippen molar-refractivity contribution in [2.45, 2.75) is 37.0 Å². The first-order valence-corrected chi connectivity index (χ1v) is 5.61. The Morgan fingerprint density at radius 3 is 2.40 bits per heavy atom. The number of halogens is 1. The maximum absolute atomic E-state index is 6.29. The number of fused-ring (bicyclic) bond motifs is 1. The van der Waals surface area contributed by atoms with Crippen LogP contribution in [0.1, 0.15) is 31.4 Å². The first-order valence-electron chi connectivity index (χ1n) is 5.23. The number of hydrogen-bond donors (Lipinski definition) is 1. The van der Waals surface area contributed by atoms with Crippen molar-refractivity contribution in [1.82, 2.24) is 0 Å². The Balaban J connectivity index is 1.93. The second-order valence-corrected chi connectivity index (χ2v) is 5.52. The largest absolute Gasteiger partial charge is 0.365 e. The molecule has 1 aromatic rings. The van der Waals surface area contributed by atoms with Crippen LogP contribution in [0.25, 0.3) is 0 Å². The van der Waals surface area contributed by atoms with Gasteiger partial charge in [-0.05, 0) is 37.5 Å². The van der Waals surface area contributed by atoms with Gasteiger partial charge in [-0.1, -0.05) is 23.7 Å². The van der Waals surface area contributed by atoms with Gasteiger partial charge in [0.05, 0.1) is 11.1 Å². The third-order valence-electron chi connectivity index (χ3n) is 3.50. The molecule has 2 saturated heterocycles. The van der Waals surface area contributed by atoms with E-state index in [1.54, 1.807) is 0 Å². The van der Waals surface area contributed by atoms with E-state index in [0.717, 1.165) is 23.4 Å². The quantitative estimate of drug-likeness (QED) is 0.795. The van der Waals surface area contributed by atoms with E-state index in [1.165, 1.54) is 0 Å². The molecule has 0 spiro atoms. The first-order chi connectivity index (χ1) is 7.01. The monoisotopic (exact) mass is 223 g/mol. The van der Waals surface area contributed by atoms with Crippen molar-refractivity contribution in [3.63, 3.8) is 0 Å². The van der Waals surface area contributed by atoms with Crippen molar-refractivity contribution < 1.29 is 4.74 Å². The summed E-state index contributed by atoms with van der Waals surface area (Å²) in [6, 6.07) is 7.79. The van der Waals surface area contributed by atoms with E-state index in [4.69, 9.17) is 22.1 Å². The summed E-state index contributed by atoms with van der Waals surface area (Å²) in [6.45, 7) is 2.13. The Labute approximate surface area is 94.4 Å². The van der Waals surface area contributed by atoms with Gasteiger partial charge in [0.2, 0.25) is 0 Å². The second-order valence-electron chi connectivity index (χ2n) is 5.09. The van der Waals surface area contributed by atoms with Gasteiger partial charge in [-0.15, -0.1) is 0 Å². The van der Waals surface area contributed by atoms with Crippen LogP contribution in [0.2, 0.25) is 5.02 Å². The number of rotatable bonds is 1. The van der Waals surface area contributed by atoms with Crippen molar-refractivity contribution in [2.24, 2.45) is 5.73 Å². The molecule has 3 heteroatoms. The molecule has 1 aromatic carbocycles. The molecule has 4 rings (SSSR count). The van der Waals surface area contributed by atoms with Gasteiger partial charge in [0.1, 0.15) is 6.10 Å². The summed E-state index contributed by atoms with van der Waals surface area (Å²) in [5.41, 5.74) is 7.29. The van der Waals surface area contributed by atoms with E-state index in [2.05, 4.69) is 6.92 Å². The zero-order chi connectivity index (χ0) is 10.7. The van der Waals surface area contributed by atoms with Crippen LogP contribution in [0.4, 0.5) is 0 Å². The lowest BCUT2D eigenvalue weighted by molar-refractivity contribution is -0.00896. The summed E-state index contributed by atoms with van der Waals surface area (Å²) in [6.07, 6.45) is 1.97. The Kier molecular flexibility index (Phi) is 1.77. The van der Waals surface area contributed by atoms with Gasteiger partial charge in [-0.25, -0.2) is 0 Å². The predicted octanol–water partition coefficient (Wildman–Crippen LogP) is 2.66. The summed E-state index contributed by atoms with van der Waals surface area (Å²) >= 11 is 5.86. The lowest BCUT2D eigenvalue weighted by atomic mass is 9.67. The topological polar surface area (TPSA) is 35.2 Å². The molecule has 1 aliphatic carbocycles. The highest BCUT2D eigenvalue weighted by Gasteiger charge is 2.63. The van der Waals surface area contributed by atoms with Gasteiger partial charge >= 0.3 is 0 Å². The summed E-state index contributed by atoms with van der Waals surface area (Å²) in [7, 11) is 0. The van der Waals surface area contributed by atoms with E-state index in [-0.39, 0.29) is 17.2 Å². The van der Waals surface area contributed by atoms with Crippen LogP contribution >= 0.6 is 11.6 Å². The fourth-order valence-electron chi connectivity index (χ4n) is 3.05. The third-order valence-corrected chi connectivity index (χ3v) is 3.76. The maximum atomic E-state index is 6.29. The Morgan fingerprint density at radius 2 is 1.93 bits per heavy atom. The van der Waals surface area contributed by atoms with Crippen molar-refractivity contribution >= 4 is 11.6 Å². The maximum Gasteiger partial charge on any atom is 0.101 e. The Bertz CT molecular complexity index is 395. The van der Waals surface area contributed by atoms with E-state index >= 15 is 0 Å². The zero-order valence-electron chi connectivity index (χ0n) is 8.66. The molecule has 1 atom stereocenters. The minimum absolute atomic E-state index is 0.0129. The van der Waals surface area contributed by atoms with E-state index in [1.807, 2.05) is 24.3 Å². The molecular formula is C12H14ClNO. The number of nitrogens with two attached hydrogens (primary N) is 1. The molecule has 0 radical (unpaired) electrons. The molecule has 2 heterocycles. The van der Waals surface area contributed by atoms with Crippen molar-refractivity contribution in [1.29, 1.82) is 0 Å². The highest BCUT2D eigenvalue weighted by molar-refractivity contribution is 6.30. The van der Waals surface area contributed by atoms with Crippen molar-refractivity contribution in [3.05, 3.63) is 34.9 Å². The fourth-order valence-corrected chi connectivity index (χ4v) is 3.17. The second kappa shape index (κ2) is 2.76. The van der Waals surface area contributed by atoms with Crippen LogP contribution in [0.3, 0.4) is 0 Å². The summed E-state index contributed by atoms with van der Waals surface area (Å²) in [4.78, 5) is 0. The zero-order valence-corrected chi connectivity index (χ0v) is 9.42. The molecular weight excluding hydrogens is 210 g/mol. The molecule has 2 bridgehead atoms. The highest BCUT2D eigenvalue weighted by atomic mass is 35.5. The van der Waals surface area contributed by atoms with E-state index < -0.39 is 0 Å². The smallest absolute Gasteiger partial charge is 0.101 e. The normalized spacial score (nSPS) is 42.7. The standard InChI is InChI=1S/C12H14ClNO/c1-11-6-12(14,7-11)10(15-11)8-2-4-9(13)5-3-8/h2-5,10H,6-7,14H2,1H3. The van der Waals surface area contributed by atoms with Crippen molar-refractivity contribution in [2.75, 3.05) is 0 Å². The lowest BCUT2D eigenvalue weighted by Crippen LogP contribution is -2.54. The van der Waals surface area contributed by atoms with E-state index in [9.17, 15) is 0 Å². The number of ether oxygens (including phenoxy) is 1. The minimum atomic E-state index is -0.150. The summed E-state index contributed by atoms with van der Waals surface area (Å²) < 4.78 is 5.98. The van der Waals surface area contributed by atoms with Gasteiger partial charge < -0.3 is 10.5 Å². The van der Waals surface area contributed by atoms with Crippen LogP contribution in [0.5, 0.6) is 0 Å². The molecule has 2 nitrogen and oxygen atoms in total. The van der Waals surface area contributed by atoms with Gasteiger partial charge in [0.15, 0.2) is 0 Å². The van der Waals surface area contributed by atoms with Crippen molar-refractivity contribution in [3.8, 4) is 0 Å². The van der Waals surface area contributed by atoms with Crippen LogP contribution in [-0.2, 0) is 4.74 Å². The molecule has 3 fully saturated rings. The molecule has 15 heavy (non-hydrogen) atoms. The molecule has 80 valence electrons. The van der Waals surface area contributed by atoms with Gasteiger partial charge in [0.25, 0.3) is 0 Å². The molecule has 0 amide bonds. The number of benzene rings is 1. The minimum Gasteiger partial charge on any atom is -0.365 e. The average Bonchev–Trinajstić information content (AvgIpc) is 2.52. The number of hydrogen-bond acceptors (Lipinski definition) is 2. The Morgan fingerprint density at radius 1 is 1.33 bits per heavy atom. The molecule has 3 aliphatic rings. The predicted molar refractivity (Wildman–Crippen MR) is 59.8 cm³/mol. The van der Waals surface area contributed by atoms with Crippen LogP contribution in [0.15, 0.2) is 24.3 Å². The lowest BCUT2D eigenvalue weighted by Gasteiger charge is -2.40. The molecule has 1 saturated carbocycles. The van der Waals surface area contributed by atoms with Gasteiger partial charge in [-0.3, -0.25) is 0 Å². The molecule has 2 N–H and O–H groups in total. The Hall–Kier alpha value is -0.570.